The highest BCUT2D eigenvalue weighted by Gasteiger charge is 2.16. The van der Waals surface area contributed by atoms with Gasteiger partial charge < -0.3 is 5.73 Å². The number of benzene rings is 1. The van der Waals surface area contributed by atoms with E-state index in [2.05, 4.69) is 5.10 Å². The van der Waals surface area contributed by atoms with Crippen LogP contribution in [-0.4, -0.2) is 15.6 Å². The van der Waals surface area contributed by atoms with Gasteiger partial charge in [0.25, 0.3) is 0 Å². The van der Waals surface area contributed by atoms with Gasteiger partial charge in [-0.25, -0.2) is 0 Å². The minimum atomic E-state index is -0.334. The molecule has 2 rings (SSSR count). The minimum Gasteiger partial charge on any atom is -0.382 e. The summed E-state index contributed by atoms with van der Waals surface area (Å²) < 4.78 is 1.57. The summed E-state index contributed by atoms with van der Waals surface area (Å²) in [7, 11) is 0. The van der Waals surface area contributed by atoms with Crippen molar-refractivity contribution >= 4 is 11.6 Å². The van der Waals surface area contributed by atoms with Crippen LogP contribution in [0, 0.1) is 0 Å². The van der Waals surface area contributed by atoms with E-state index in [1.54, 1.807) is 29.1 Å². The summed E-state index contributed by atoms with van der Waals surface area (Å²) in [5.74, 6) is 0.455. The normalized spacial score (nSPS) is 12.3. The number of Topliss-reactive ketones (excluding diaryl/α,β-unsaturated/α-hetero) is 1. The SMILES string of the molecule is CC(C(=O)c1ccccc1)n1ccc(N)n1. The molecule has 0 saturated heterocycles. The van der Waals surface area contributed by atoms with Crippen LogP contribution < -0.4 is 5.73 Å². The van der Waals surface area contributed by atoms with Crippen LogP contribution >= 0.6 is 0 Å². The zero-order valence-electron chi connectivity index (χ0n) is 9.00. The summed E-state index contributed by atoms with van der Waals surface area (Å²) >= 11 is 0. The van der Waals surface area contributed by atoms with Crippen molar-refractivity contribution in [2.45, 2.75) is 13.0 Å². The Balaban J connectivity index is 2.23. The number of nitrogens with zero attached hydrogens (tertiary/aromatic N) is 2. The molecule has 0 spiro atoms. The first-order valence-corrected chi connectivity index (χ1v) is 5.08. The molecule has 1 aromatic carbocycles. The van der Waals surface area contributed by atoms with E-state index in [9.17, 15) is 4.79 Å². The lowest BCUT2D eigenvalue weighted by atomic mass is 10.1. The van der Waals surface area contributed by atoms with E-state index in [0.717, 1.165) is 0 Å². The van der Waals surface area contributed by atoms with E-state index in [0.29, 0.717) is 11.4 Å². The third kappa shape index (κ3) is 1.95. The Labute approximate surface area is 93.7 Å². The second-order valence-electron chi connectivity index (χ2n) is 3.63. The van der Waals surface area contributed by atoms with Gasteiger partial charge in [-0.3, -0.25) is 9.48 Å². The Morgan fingerprint density at radius 1 is 1.31 bits per heavy atom. The van der Waals surface area contributed by atoms with Crippen LogP contribution in [0.3, 0.4) is 0 Å². The highest BCUT2D eigenvalue weighted by Crippen LogP contribution is 2.13. The molecule has 0 aliphatic rings. The number of carbonyl (C=O) groups is 1. The standard InChI is InChI=1S/C12H13N3O/c1-9(15-8-7-11(13)14-15)12(16)10-5-3-2-4-6-10/h2-9H,1H3,(H2,13,14). The largest absolute Gasteiger partial charge is 0.382 e. The summed E-state index contributed by atoms with van der Waals surface area (Å²) in [6.45, 7) is 1.81. The second kappa shape index (κ2) is 4.18. The lowest BCUT2D eigenvalue weighted by Crippen LogP contribution is -2.17. The maximum Gasteiger partial charge on any atom is 0.187 e. The molecule has 4 heteroatoms. The Morgan fingerprint density at radius 2 is 2.00 bits per heavy atom. The molecule has 0 amide bonds. The van der Waals surface area contributed by atoms with Gasteiger partial charge in [-0.1, -0.05) is 30.3 Å². The Kier molecular flexibility index (Phi) is 2.72. The molecule has 16 heavy (non-hydrogen) atoms. The summed E-state index contributed by atoms with van der Waals surface area (Å²) in [6, 6.07) is 10.5. The number of hydrogen-bond donors (Lipinski definition) is 1. The fourth-order valence-corrected chi connectivity index (χ4v) is 1.53. The molecule has 2 N–H and O–H groups in total. The number of hydrogen-bond acceptors (Lipinski definition) is 3. The number of aromatic nitrogens is 2. The molecule has 0 bridgehead atoms. The molecule has 0 aliphatic heterocycles. The molecule has 4 nitrogen and oxygen atoms in total. The molecule has 1 atom stereocenters. The van der Waals surface area contributed by atoms with E-state index in [4.69, 9.17) is 5.73 Å². The highest BCUT2D eigenvalue weighted by molar-refractivity contribution is 5.98. The summed E-state index contributed by atoms with van der Waals surface area (Å²) in [5.41, 5.74) is 6.20. The molecule has 1 unspecified atom stereocenters. The fourth-order valence-electron chi connectivity index (χ4n) is 1.53. The Bertz CT molecular complexity index is 490. The zero-order valence-corrected chi connectivity index (χ0v) is 9.00. The maximum absolute atomic E-state index is 12.1. The van der Waals surface area contributed by atoms with Gasteiger partial charge in [-0.05, 0) is 13.0 Å². The van der Waals surface area contributed by atoms with Gasteiger partial charge in [0.2, 0.25) is 0 Å². The van der Waals surface area contributed by atoms with Crippen molar-refractivity contribution in [3.8, 4) is 0 Å². The number of carbonyl (C=O) groups excluding carboxylic acids is 1. The third-order valence-corrected chi connectivity index (χ3v) is 2.46. The van der Waals surface area contributed by atoms with Gasteiger partial charge in [0.05, 0.1) is 0 Å². The Hall–Kier alpha value is -2.10. The number of ketones is 1. The van der Waals surface area contributed by atoms with Crippen LogP contribution in [0.15, 0.2) is 42.6 Å². The molecular formula is C12H13N3O. The van der Waals surface area contributed by atoms with Crippen molar-refractivity contribution in [1.29, 1.82) is 0 Å². The molecule has 0 fully saturated rings. The molecule has 0 aliphatic carbocycles. The summed E-state index contributed by atoms with van der Waals surface area (Å²) in [5, 5.41) is 4.03. The van der Waals surface area contributed by atoms with Gasteiger partial charge in [-0.15, -0.1) is 0 Å². The van der Waals surface area contributed by atoms with Crippen LogP contribution in [0.4, 0.5) is 5.82 Å². The molecule has 0 radical (unpaired) electrons. The van der Waals surface area contributed by atoms with Gasteiger partial charge in [0, 0.05) is 11.8 Å². The van der Waals surface area contributed by atoms with Crippen molar-refractivity contribution in [1.82, 2.24) is 9.78 Å². The number of nitrogens with two attached hydrogens (primary N) is 1. The van der Waals surface area contributed by atoms with Crippen LogP contribution in [0.25, 0.3) is 0 Å². The summed E-state index contributed by atoms with van der Waals surface area (Å²) in [6.07, 6.45) is 1.71. The number of anilines is 1. The monoisotopic (exact) mass is 215 g/mol. The van der Waals surface area contributed by atoms with Crippen LogP contribution in [0.2, 0.25) is 0 Å². The number of rotatable bonds is 3. The van der Waals surface area contributed by atoms with Crippen LogP contribution in [0.1, 0.15) is 23.3 Å². The second-order valence-corrected chi connectivity index (χ2v) is 3.63. The van der Waals surface area contributed by atoms with Gasteiger partial charge in [-0.2, -0.15) is 5.10 Å². The van der Waals surface area contributed by atoms with Crippen LogP contribution in [0.5, 0.6) is 0 Å². The van der Waals surface area contributed by atoms with Crippen molar-refractivity contribution in [2.75, 3.05) is 5.73 Å². The van der Waals surface area contributed by atoms with E-state index >= 15 is 0 Å². The van der Waals surface area contributed by atoms with Gasteiger partial charge >= 0.3 is 0 Å². The van der Waals surface area contributed by atoms with Crippen molar-refractivity contribution in [2.24, 2.45) is 0 Å². The first kappa shape index (κ1) is 10.4. The predicted octanol–water partition coefficient (Wildman–Crippen LogP) is 1.91. The maximum atomic E-state index is 12.1. The van der Waals surface area contributed by atoms with Crippen molar-refractivity contribution in [3.05, 3.63) is 48.2 Å². The van der Waals surface area contributed by atoms with Gasteiger partial charge in [0.1, 0.15) is 11.9 Å². The van der Waals surface area contributed by atoms with E-state index in [-0.39, 0.29) is 11.8 Å². The molecular weight excluding hydrogens is 202 g/mol. The molecule has 82 valence electrons. The fraction of sp³-hybridized carbons (Fsp3) is 0.167. The average Bonchev–Trinajstić information content (AvgIpc) is 2.75. The smallest absolute Gasteiger partial charge is 0.187 e. The minimum absolute atomic E-state index is 0.0312. The van der Waals surface area contributed by atoms with E-state index in [1.165, 1.54) is 0 Å². The van der Waals surface area contributed by atoms with Gasteiger partial charge in [0.15, 0.2) is 5.78 Å². The topological polar surface area (TPSA) is 60.9 Å². The quantitative estimate of drug-likeness (QED) is 0.795. The molecule has 2 aromatic rings. The molecule has 0 saturated carbocycles. The van der Waals surface area contributed by atoms with E-state index in [1.807, 2.05) is 25.1 Å². The zero-order chi connectivity index (χ0) is 11.5. The third-order valence-electron chi connectivity index (χ3n) is 2.46. The van der Waals surface area contributed by atoms with Crippen molar-refractivity contribution < 1.29 is 4.79 Å². The van der Waals surface area contributed by atoms with E-state index < -0.39 is 0 Å². The first-order chi connectivity index (χ1) is 7.68. The average molecular weight is 215 g/mol. The predicted molar refractivity (Wildman–Crippen MR) is 62.1 cm³/mol. The molecule has 1 heterocycles. The molecule has 1 aromatic heterocycles. The summed E-state index contributed by atoms with van der Waals surface area (Å²) in [4.78, 5) is 12.1. The highest BCUT2D eigenvalue weighted by atomic mass is 16.1. The van der Waals surface area contributed by atoms with Crippen LogP contribution in [-0.2, 0) is 0 Å². The number of nitrogen functional groups attached to an aromatic ring is 1. The lowest BCUT2D eigenvalue weighted by molar-refractivity contribution is 0.0928. The first-order valence-electron chi connectivity index (χ1n) is 5.08. The van der Waals surface area contributed by atoms with Crippen molar-refractivity contribution in [3.63, 3.8) is 0 Å². The lowest BCUT2D eigenvalue weighted by Gasteiger charge is -2.10. The Morgan fingerprint density at radius 3 is 2.56 bits per heavy atom.